The Hall–Kier alpha value is -3.45. The smallest absolute Gasteiger partial charge is 0.231 e. The first-order chi connectivity index (χ1) is 19.5. The van der Waals surface area contributed by atoms with Crippen LogP contribution in [0, 0.1) is 0 Å². The second-order valence-electron chi connectivity index (χ2n) is 10.2. The molecule has 1 N–H and O–H groups in total. The molecular formula is C33H36BrNO5. The van der Waals surface area contributed by atoms with E-state index in [-0.39, 0.29) is 5.75 Å². The highest BCUT2D eigenvalue weighted by atomic mass is 79.9. The summed E-state index contributed by atoms with van der Waals surface area (Å²) in [6, 6.07) is 17.0. The lowest BCUT2D eigenvalue weighted by Crippen LogP contribution is -2.00. The molecule has 0 radical (unpaired) electrons. The number of fused-ring (bicyclic) bond motifs is 2. The van der Waals surface area contributed by atoms with Crippen LogP contribution in [-0.4, -0.2) is 23.3 Å². The number of aromatic hydroxyl groups is 1. The molecule has 6 nitrogen and oxygen atoms in total. The Labute approximate surface area is 243 Å². The normalized spacial score (nSPS) is 11.5. The summed E-state index contributed by atoms with van der Waals surface area (Å²) in [6.07, 6.45) is 9.16. The number of ether oxygens (including phenoxy) is 2. The third kappa shape index (κ3) is 6.81. The van der Waals surface area contributed by atoms with Crippen molar-refractivity contribution in [2.24, 2.45) is 0 Å². The van der Waals surface area contributed by atoms with E-state index in [1.807, 2.05) is 48.5 Å². The van der Waals surface area contributed by atoms with Gasteiger partial charge in [-0.1, -0.05) is 68.3 Å². The van der Waals surface area contributed by atoms with Gasteiger partial charge < -0.3 is 23.4 Å². The van der Waals surface area contributed by atoms with Crippen LogP contribution in [0.25, 0.3) is 44.8 Å². The van der Waals surface area contributed by atoms with Gasteiger partial charge in [0.25, 0.3) is 0 Å². The number of unbranched alkanes of at least 4 members (excludes halogenated alkanes) is 6. The van der Waals surface area contributed by atoms with Crippen molar-refractivity contribution in [2.45, 2.75) is 65.2 Å². The summed E-state index contributed by atoms with van der Waals surface area (Å²) in [5, 5.41) is 11.7. The summed E-state index contributed by atoms with van der Waals surface area (Å²) in [6.45, 7) is 5.74. The molecule has 5 rings (SSSR count). The van der Waals surface area contributed by atoms with Gasteiger partial charge in [0.05, 0.1) is 18.8 Å². The molecule has 0 spiro atoms. The lowest BCUT2D eigenvalue weighted by molar-refractivity contribution is 0.290. The van der Waals surface area contributed by atoms with E-state index in [1.165, 1.54) is 25.7 Å². The predicted octanol–water partition coefficient (Wildman–Crippen LogP) is 10.3. The number of nitrogens with zero attached hydrogens (tertiary/aromatic N) is 1. The Morgan fingerprint density at radius 1 is 0.750 bits per heavy atom. The lowest BCUT2D eigenvalue weighted by atomic mass is 10.1. The minimum absolute atomic E-state index is 0.0410. The average Bonchev–Trinajstić information content (AvgIpc) is 3.55. The van der Waals surface area contributed by atoms with Crippen molar-refractivity contribution >= 4 is 38.0 Å². The van der Waals surface area contributed by atoms with E-state index >= 15 is 0 Å². The fourth-order valence-electron chi connectivity index (χ4n) is 4.72. The number of phenols is 1. The molecule has 0 aliphatic rings. The van der Waals surface area contributed by atoms with E-state index in [1.54, 1.807) is 6.07 Å². The fourth-order valence-corrected chi connectivity index (χ4v) is 5.07. The molecule has 3 aromatic carbocycles. The van der Waals surface area contributed by atoms with Crippen LogP contribution in [0.2, 0.25) is 0 Å². The molecule has 2 aromatic heterocycles. The Morgan fingerprint density at radius 2 is 1.45 bits per heavy atom. The van der Waals surface area contributed by atoms with Crippen LogP contribution in [0.4, 0.5) is 0 Å². The minimum atomic E-state index is 0.0410. The van der Waals surface area contributed by atoms with Crippen LogP contribution in [0.3, 0.4) is 0 Å². The van der Waals surface area contributed by atoms with Crippen molar-refractivity contribution < 1.29 is 23.4 Å². The van der Waals surface area contributed by atoms with Crippen LogP contribution in [-0.2, 0) is 0 Å². The molecule has 0 atom stereocenters. The van der Waals surface area contributed by atoms with Crippen LogP contribution in [0.15, 0.2) is 67.9 Å². The average molecular weight is 607 g/mol. The first-order valence-corrected chi connectivity index (χ1v) is 15.1. The molecular weight excluding hydrogens is 570 g/mol. The third-order valence-electron chi connectivity index (χ3n) is 6.91. The van der Waals surface area contributed by atoms with Gasteiger partial charge in [0.2, 0.25) is 5.89 Å². The Morgan fingerprint density at radius 3 is 2.12 bits per heavy atom. The standard InChI is InChI=1S/C33H36BrNO5/c1-3-5-7-9-13-37-25-15-22(16-26(20-25)38-14-10-8-6-4-2)31-18-23-17-27(29(36)21-32(23)39-31)33-35-28-19-24(34)11-12-30(28)40-33/h11-12,15-21,36H,3-10,13-14H2,1-2H3. The van der Waals surface area contributed by atoms with Crippen LogP contribution < -0.4 is 9.47 Å². The molecule has 5 aromatic rings. The molecule has 0 bridgehead atoms. The number of oxazole rings is 1. The highest BCUT2D eigenvalue weighted by Gasteiger charge is 2.17. The van der Waals surface area contributed by atoms with Crippen LogP contribution in [0.5, 0.6) is 17.2 Å². The summed E-state index contributed by atoms with van der Waals surface area (Å²) in [5.41, 5.74) is 3.30. The van der Waals surface area contributed by atoms with Crippen molar-refractivity contribution in [1.82, 2.24) is 4.98 Å². The van der Waals surface area contributed by atoms with Gasteiger partial charge in [0.15, 0.2) is 5.58 Å². The third-order valence-corrected chi connectivity index (χ3v) is 7.41. The van der Waals surface area contributed by atoms with Gasteiger partial charge in [0, 0.05) is 27.6 Å². The first kappa shape index (κ1) is 28.1. The van der Waals surface area contributed by atoms with Gasteiger partial charge in [0.1, 0.15) is 34.1 Å². The molecule has 2 heterocycles. The topological polar surface area (TPSA) is 77.9 Å². The van der Waals surface area contributed by atoms with Crippen LogP contribution in [0.1, 0.15) is 65.2 Å². The summed E-state index contributed by atoms with van der Waals surface area (Å²) in [5.74, 6) is 2.59. The van der Waals surface area contributed by atoms with Gasteiger partial charge in [-0.05, 0) is 55.3 Å². The number of phenolic OH excluding ortho intramolecular Hbond substituents is 1. The van der Waals surface area contributed by atoms with Gasteiger partial charge in [-0.3, -0.25) is 0 Å². The first-order valence-electron chi connectivity index (χ1n) is 14.3. The van der Waals surface area contributed by atoms with Crippen molar-refractivity contribution in [3.63, 3.8) is 0 Å². The second-order valence-corrected chi connectivity index (χ2v) is 11.1. The maximum absolute atomic E-state index is 10.8. The molecule has 0 amide bonds. The molecule has 7 heteroatoms. The van der Waals surface area contributed by atoms with Crippen molar-refractivity contribution in [3.8, 4) is 40.0 Å². The lowest BCUT2D eigenvalue weighted by Gasteiger charge is -2.12. The molecule has 40 heavy (non-hydrogen) atoms. The Kier molecular flexibility index (Phi) is 9.32. The van der Waals surface area contributed by atoms with E-state index in [9.17, 15) is 5.11 Å². The van der Waals surface area contributed by atoms with Crippen molar-refractivity contribution in [1.29, 1.82) is 0 Å². The number of rotatable bonds is 14. The zero-order valence-corrected chi connectivity index (χ0v) is 24.8. The number of halogens is 1. The second kappa shape index (κ2) is 13.3. The number of aromatic nitrogens is 1. The molecule has 0 saturated carbocycles. The number of furan rings is 1. The number of benzene rings is 3. The van der Waals surface area contributed by atoms with E-state index in [0.29, 0.717) is 47.1 Å². The van der Waals surface area contributed by atoms with Crippen molar-refractivity contribution in [3.05, 3.63) is 59.1 Å². The van der Waals surface area contributed by atoms with E-state index < -0.39 is 0 Å². The number of hydrogen-bond donors (Lipinski definition) is 1. The summed E-state index contributed by atoms with van der Waals surface area (Å²) in [4.78, 5) is 4.57. The molecule has 0 aliphatic heterocycles. The molecule has 0 fully saturated rings. The largest absolute Gasteiger partial charge is 0.507 e. The monoisotopic (exact) mass is 605 g/mol. The molecule has 0 saturated heterocycles. The summed E-state index contributed by atoms with van der Waals surface area (Å²) in [7, 11) is 0. The van der Waals surface area contributed by atoms with Gasteiger partial charge in [-0.25, -0.2) is 4.98 Å². The molecule has 0 aliphatic carbocycles. The van der Waals surface area contributed by atoms with E-state index in [0.717, 1.165) is 52.6 Å². The highest BCUT2D eigenvalue weighted by Crippen LogP contribution is 2.39. The van der Waals surface area contributed by atoms with Crippen molar-refractivity contribution in [2.75, 3.05) is 13.2 Å². The fraction of sp³-hybridized carbons (Fsp3) is 0.364. The molecule has 210 valence electrons. The quantitative estimate of drug-likeness (QED) is 0.127. The zero-order chi connectivity index (χ0) is 27.9. The van der Waals surface area contributed by atoms with Gasteiger partial charge >= 0.3 is 0 Å². The predicted molar refractivity (Wildman–Crippen MR) is 163 cm³/mol. The summed E-state index contributed by atoms with van der Waals surface area (Å²) >= 11 is 3.47. The highest BCUT2D eigenvalue weighted by molar-refractivity contribution is 9.10. The van der Waals surface area contributed by atoms with Gasteiger partial charge in [-0.15, -0.1) is 0 Å². The van der Waals surface area contributed by atoms with E-state index in [2.05, 4.69) is 34.8 Å². The minimum Gasteiger partial charge on any atom is -0.507 e. The maximum atomic E-state index is 10.8. The van der Waals surface area contributed by atoms with Crippen LogP contribution >= 0.6 is 15.9 Å². The van der Waals surface area contributed by atoms with Gasteiger partial charge in [-0.2, -0.15) is 0 Å². The zero-order valence-electron chi connectivity index (χ0n) is 23.2. The number of hydrogen-bond acceptors (Lipinski definition) is 6. The SMILES string of the molecule is CCCCCCOc1cc(OCCCCCC)cc(-c2cc3cc(-c4nc5cc(Br)ccc5o4)c(O)cc3o2)c1. The van der Waals surface area contributed by atoms with E-state index in [4.69, 9.17) is 18.3 Å². The summed E-state index contributed by atoms with van der Waals surface area (Å²) < 4.78 is 25.3. The maximum Gasteiger partial charge on any atom is 0.231 e. The Bertz CT molecular complexity index is 1540. The Balaban J connectivity index is 1.42. The molecule has 0 unspecified atom stereocenters.